The van der Waals surface area contributed by atoms with Crippen molar-refractivity contribution in [1.29, 1.82) is 0 Å². The van der Waals surface area contributed by atoms with Crippen LogP contribution in [0.2, 0.25) is 0 Å². The Morgan fingerprint density at radius 1 is 1.12 bits per heavy atom. The van der Waals surface area contributed by atoms with Crippen LogP contribution in [0.4, 0.5) is 0 Å². The lowest BCUT2D eigenvalue weighted by molar-refractivity contribution is 0.317. The molecule has 2 atom stereocenters. The van der Waals surface area contributed by atoms with Gasteiger partial charge in [-0.15, -0.1) is 0 Å². The van der Waals surface area contributed by atoms with E-state index in [1.807, 2.05) is 0 Å². The van der Waals surface area contributed by atoms with Crippen LogP contribution >= 0.6 is 0 Å². The first-order valence-electron chi connectivity index (χ1n) is 6.36. The van der Waals surface area contributed by atoms with Crippen LogP contribution < -0.4 is 5.73 Å². The molecule has 86 valence electrons. The predicted octanol–water partition coefficient (Wildman–Crippen LogP) is 1.82. The van der Waals surface area contributed by atoms with Crippen LogP contribution in [-0.4, -0.2) is 30.6 Å². The molecule has 16 heavy (non-hydrogen) atoms. The minimum Gasteiger partial charge on any atom is -0.326 e. The predicted molar refractivity (Wildman–Crippen MR) is 66.3 cm³/mol. The van der Waals surface area contributed by atoms with Crippen molar-refractivity contribution >= 4 is 0 Å². The van der Waals surface area contributed by atoms with Crippen LogP contribution in [0, 0.1) is 5.92 Å². The summed E-state index contributed by atoms with van der Waals surface area (Å²) < 4.78 is 0. The van der Waals surface area contributed by atoms with E-state index in [2.05, 4.69) is 35.2 Å². The molecule has 1 aliphatic heterocycles. The van der Waals surface area contributed by atoms with Crippen molar-refractivity contribution in [3.63, 3.8) is 0 Å². The summed E-state index contributed by atoms with van der Waals surface area (Å²) in [6.07, 6.45) is 2.86. The lowest BCUT2D eigenvalue weighted by Crippen LogP contribution is -2.29. The van der Waals surface area contributed by atoms with E-state index in [9.17, 15) is 0 Å². The van der Waals surface area contributed by atoms with Crippen molar-refractivity contribution in [2.24, 2.45) is 11.7 Å². The average molecular weight is 216 g/mol. The quantitative estimate of drug-likeness (QED) is 0.835. The molecular formula is C14H20N2. The number of rotatable bonds is 3. The minimum absolute atomic E-state index is 0.321. The lowest BCUT2D eigenvalue weighted by atomic mass is 9.95. The fraction of sp³-hybridized carbons (Fsp3) is 0.571. The second-order valence-corrected chi connectivity index (χ2v) is 5.34. The summed E-state index contributed by atoms with van der Waals surface area (Å²) in [5.74, 6) is 1.52. The second-order valence-electron chi connectivity index (χ2n) is 5.34. The zero-order chi connectivity index (χ0) is 11.0. The molecule has 0 aromatic heterocycles. The van der Waals surface area contributed by atoms with Gasteiger partial charge in [-0.1, -0.05) is 30.3 Å². The van der Waals surface area contributed by atoms with Crippen molar-refractivity contribution in [1.82, 2.24) is 4.90 Å². The van der Waals surface area contributed by atoms with Gasteiger partial charge in [-0.25, -0.2) is 0 Å². The van der Waals surface area contributed by atoms with E-state index in [1.165, 1.54) is 24.9 Å². The zero-order valence-corrected chi connectivity index (χ0v) is 9.68. The molecule has 0 bridgehead atoms. The fourth-order valence-electron chi connectivity index (χ4n) is 2.78. The molecule has 1 aromatic carbocycles. The molecule has 1 saturated carbocycles. The summed E-state index contributed by atoms with van der Waals surface area (Å²) in [7, 11) is 0. The smallest absolute Gasteiger partial charge is 0.0249 e. The van der Waals surface area contributed by atoms with Crippen molar-refractivity contribution in [3.8, 4) is 0 Å². The molecule has 0 radical (unpaired) electrons. The minimum atomic E-state index is 0.321. The summed E-state index contributed by atoms with van der Waals surface area (Å²) in [6.45, 7) is 3.51. The summed E-state index contributed by atoms with van der Waals surface area (Å²) in [6, 6.07) is 11.1. The molecule has 0 unspecified atom stereocenters. The first-order chi connectivity index (χ1) is 7.83. The van der Waals surface area contributed by atoms with E-state index in [0.717, 1.165) is 19.0 Å². The van der Waals surface area contributed by atoms with Gasteiger partial charge in [0.2, 0.25) is 0 Å². The first-order valence-corrected chi connectivity index (χ1v) is 6.36. The van der Waals surface area contributed by atoms with Gasteiger partial charge in [0.1, 0.15) is 0 Å². The highest BCUT2D eigenvalue weighted by Gasteiger charge is 2.34. The van der Waals surface area contributed by atoms with E-state index in [0.29, 0.717) is 12.0 Å². The lowest BCUT2D eigenvalue weighted by Gasteiger charge is -2.15. The molecule has 1 aliphatic carbocycles. The molecule has 1 aromatic rings. The van der Waals surface area contributed by atoms with Crippen LogP contribution in [0.25, 0.3) is 0 Å². The van der Waals surface area contributed by atoms with Gasteiger partial charge in [0.25, 0.3) is 0 Å². The van der Waals surface area contributed by atoms with Crippen LogP contribution in [0.3, 0.4) is 0 Å². The highest BCUT2D eigenvalue weighted by atomic mass is 15.2. The highest BCUT2D eigenvalue weighted by molar-refractivity contribution is 5.23. The summed E-state index contributed by atoms with van der Waals surface area (Å²) in [5, 5.41) is 0. The van der Waals surface area contributed by atoms with Gasteiger partial charge in [-0.05, 0) is 24.3 Å². The summed E-state index contributed by atoms with van der Waals surface area (Å²) >= 11 is 0. The SMILES string of the molecule is N[C@@H]1CN(CC2CC2)C[C@H]1c1ccccc1. The first kappa shape index (κ1) is 10.3. The molecule has 1 saturated heterocycles. The second kappa shape index (κ2) is 4.19. The van der Waals surface area contributed by atoms with E-state index in [1.54, 1.807) is 0 Å². The number of nitrogens with zero attached hydrogens (tertiary/aromatic N) is 1. The summed E-state index contributed by atoms with van der Waals surface area (Å²) in [5.41, 5.74) is 7.67. The Labute approximate surface area is 97.4 Å². The molecular weight excluding hydrogens is 196 g/mol. The maximum absolute atomic E-state index is 6.26. The van der Waals surface area contributed by atoms with E-state index in [4.69, 9.17) is 5.73 Å². The molecule has 3 rings (SSSR count). The Balaban J connectivity index is 1.67. The van der Waals surface area contributed by atoms with Gasteiger partial charge in [0.05, 0.1) is 0 Å². The topological polar surface area (TPSA) is 29.3 Å². The molecule has 2 heteroatoms. The normalized spacial score (nSPS) is 30.8. The third-order valence-corrected chi connectivity index (χ3v) is 3.88. The third-order valence-electron chi connectivity index (χ3n) is 3.88. The number of hydrogen-bond acceptors (Lipinski definition) is 2. The Hall–Kier alpha value is -0.860. The van der Waals surface area contributed by atoms with Gasteiger partial charge < -0.3 is 10.6 Å². The van der Waals surface area contributed by atoms with E-state index < -0.39 is 0 Å². The Kier molecular flexibility index (Phi) is 2.70. The fourth-order valence-corrected chi connectivity index (χ4v) is 2.78. The van der Waals surface area contributed by atoms with Crippen LogP contribution in [0.5, 0.6) is 0 Å². The maximum atomic E-state index is 6.26. The molecule has 2 N–H and O–H groups in total. The average Bonchev–Trinajstić information content (AvgIpc) is 3.03. The number of nitrogens with two attached hydrogens (primary N) is 1. The van der Waals surface area contributed by atoms with E-state index >= 15 is 0 Å². The van der Waals surface area contributed by atoms with Gasteiger partial charge in [0, 0.05) is 31.6 Å². The summed E-state index contributed by atoms with van der Waals surface area (Å²) in [4.78, 5) is 2.56. The Morgan fingerprint density at radius 2 is 1.88 bits per heavy atom. The highest BCUT2D eigenvalue weighted by Crippen LogP contribution is 2.33. The number of hydrogen-bond donors (Lipinski definition) is 1. The van der Waals surface area contributed by atoms with Crippen LogP contribution in [-0.2, 0) is 0 Å². The van der Waals surface area contributed by atoms with Crippen molar-refractivity contribution in [2.45, 2.75) is 24.8 Å². The van der Waals surface area contributed by atoms with Crippen molar-refractivity contribution < 1.29 is 0 Å². The molecule has 0 amide bonds. The number of likely N-dealkylation sites (tertiary alicyclic amines) is 1. The van der Waals surface area contributed by atoms with Crippen LogP contribution in [0.1, 0.15) is 24.3 Å². The van der Waals surface area contributed by atoms with Crippen LogP contribution in [0.15, 0.2) is 30.3 Å². The van der Waals surface area contributed by atoms with Gasteiger partial charge >= 0.3 is 0 Å². The molecule has 0 spiro atoms. The Bertz CT molecular complexity index is 345. The molecule has 2 aliphatic rings. The standard InChI is InChI=1S/C14H20N2/c15-14-10-16(8-11-6-7-11)9-13(14)12-4-2-1-3-5-12/h1-5,11,13-14H,6-10,15H2/t13-,14+/m0/s1. The van der Waals surface area contributed by atoms with Crippen molar-refractivity contribution in [2.75, 3.05) is 19.6 Å². The maximum Gasteiger partial charge on any atom is 0.0249 e. The van der Waals surface area contributed by atoms with Crippen molar-refractivity contribution in [3.05, 3.63) is 35.9 Å². The third kappa shape index (κ3) is 2.13. The largest absolute Gasteiger partial charge is 0.326 e. The van der Waals surface area contributed by atoms with Gasteiger partial charge in [-0.2, -0.15) is 0 Å². The van der Waals surface area contributed by atoms with Gasteiger partial charge in [0.15, 0.2) is 0 Å². The molecule has 2 fully saturated rings. The monoisotopic (exact) mass is 216 g/mol. The molecule has 1 heterocycles. The Morgan fingerprint density at radius 3 is 2.56 bits per heavy atom. The zero-order valence-electron chi connectivity index (χ0n) is 9.68. The molecule has 2 nitrogen and oxygen atoms in total. The van der Waals surface area contributed by atoms with E-state index in [-0.39, 0.29) is 0 Å². The van der Waals surface area contributed by atoms with Gasteiger partial charge in [-0.3, -0.25) is 0 Å². The number of benzene rings is 1.